The van der Waals surface area contributed by atoms with E-state index in [1.807, 2.05) is 6.92 Å². The highest BCUT2D eigenvalue weighted by molar-refractivity contribution is 5.94. The molecule has 5 nitrogen and oxygen atoms in total. The number of piperidine rings is 1. The number of carbonyl (C=O) groups is 2. The van der Waals surface area contributed by atoms with Crippen LogP contribution in [0.15, 0.2) is 48.5 Å². The predicted octanol–water partition coefficient (Wildman–Crippen LogP) is 3.08. The van der Waals surface area contributed by atoms with E-state index in [-0.39, 0.29) is 35.4 Å². The van der Waals surface area contributed by atoms with E-state index in [9.17, 15) is 18.4 Å². The number of nitrogens with one attached hydrogen (secondary N) is 2. The molecule has 164 valence electrons. The molecule has 1 spiro atoms. The summed E-state index contributed by atoms with van der Waals surface area (Å²) in [7, 11) is 0. The zero-order valence-electron chi connectivity index (χ0n) is 17.5. The lowest BCUT2D eigenvalue weighted by atomic mass is 9.68. The van der Waals surface area contributed by atoms with Crippen molar-refractivity contribution in [2.75, 3.05) is 26.2 Å². The van der Waals surface area contributed by atoms with Crippen LogP contribution in [0.2, 0.25) is 0 Å². The van der Waals surface area contributed by atoms with Gasteiger partial charge in [0.15, 0.2) is 0 Å². The molecule has 1 unspecified atom stereocenters. The van der Waals surface area contributed by atoms with Crippen LogP contribution < -0.4 is 10.6 Å². The van der Waals surface area contributed by atoms with Crippen LogP contribution in [0.4, 0.5) is 8.78 Å². The Morgan fingerprint density at radius 2 is 1.68 bits per heavy atom. The van der Waals surface area contributed by atoms with Crippen molar-refractivity contribution in [1.29, 1.82) is 0 Å². The summed E-state index contributed by atoms with van der Waals surface area (Å²) in [6.07, 6.45) is 1.44. The number of halogens is 2. The van der Waals surface area contributed by atoms with E-state index in [1.54, 1.807) is 12.1 Å². The molecule has 4 rings (SSSR count). The van der Waals surface area contributed by atoms with Crippen molar-refractivity contribution in [3.8, 4) is 0 Å². The number of amides is 2. The molecule has 2 saturated heterocycles. The van der Waals surface area contributed by atoms with Crippen LogP contribution >= 0.6 is 0 Å². The number of rotatable bonds is 5. The molecule has 0 aromatic heterocycles. The fraction of sp³-hybridized carbons (Fsp3) is 0.417. The zero-order valence-corrected chi connectivity index (χ0v) is 17.5. The maximum absolute atomic E-state index is 13.3. The van der Waals surface area contributed by atoms with Gasteiger partial charge in [-0.3, -0.25) is 9.59 Å². The molecule has 0 bridgehead atoms. The van der Waals surface area contributed by atoms with Gasteiger partial charge in [0.05, 0.1) is 5.41 Å². The van der Waals surface area contributed by atoms with Gasteiger partial charge in [0.2, 0.25) is 5.91 Å². The highest BCUT2D eigenvalue weighted by Gasteiger charge is 2.51. The summed E-state index contributed by atoms with van der Waals surface area (Å²) in [5.41, 5.74) is 0.957. The summed E-state index contributed by atoms with van der Waals surface area (Å²) < 4.78 is 26.4. The zero-order chi connectivity index (χ0) is 22.0. The number of likely N-dealkylation sites (tertiary alicyclic amines) is 1. The first kappa shape index (κ1) is 21.4. The Bertz CT molecular complexity index is 938. The van der Waals surface area contributed by atoms with E-state index >= 15 is 0 Å². The Balaban J connectivity index is 1.35. The maximum Gasteiger partial charge on any atom is 0.251 e. The van der Waals surface area contributed by atoms with E-state index < -0.39 is 5.41 Å². The molecule has 2 fully saturated rings. The second-order valence-electron chi connectivity index (χ2n) is 8.65. The van der Waals surface area contributed by atoms with Gasteiger partial charge in [0.1, 0.15) is 11.6 Å². The van der Waals surface area contributed by atoms with Crippen molar-refractivity contribution in [2.45, 2.75) is 31.7 Å². The topological polar surface area (TPSA) is 61.4 Å². The van der Waals surface area contributed by atoms with Crippen molar-refractivity contribution in [3.63, 3.8) is 0 Å². The number of benzene rings is 2. The molecule has 2 atom stereocenters. The van der Waals surface area contributed by atoms with Gasteiger partial charge in [-0.25, -0.2) is 8.78 Å². The van der Waals surface area contributed by atoms with Crippen LogP contribution in [-0.2, 0) is 4.79 Å². The molecule has 0 aliphatic carbocycles. The van der Waals surface area contributed by atoms with Crippen LogP contribution in [0, 0.1) is 17.0 Å². The minimum atomic E-state index is -0.463. The lowest BCUT2D eigenvalue weighted by Crippen LogP contribution is -2.49. The highest BCUT2D eigenvalue weighted by Crippen LogP contribution is 2.47. The first-order valence-corrected chi connectivity index (χ1v) is 10.7. The first-order valence-electron chi connectivity index (χ1n) is 10.7. The summed E-state index contributed by atoms with van der Waals surface area (Å²) in [5, 5.41) is 5.97. The smallest absolute Gasteiger partial charge is 0.251 e. The largest absolute Gasteiger partial charge is 0.355 e. The normalized spacial score (nSPS) is 21.6. The van der Waals surface area contributed by atoms with Gasteiger partial charge in [-0.1, -0.05) is 12.1 Å². The lowest BCUT2D eigenvalue weighted by Gasteiger charge is -2.41. The molecule has 2 aliphatic rings. The van der Waals surface area contributed by atoms with Crippen molar-refractivity contribution in [1.82, 2.24) is 15.5 Å². The minimum Gasteiger partial charge on any atom is -0.355 e. The molecule has 31 heavy (non-hydrogen) atoms. The quantitative estimate of drug-likeness (QED) is 0.771. The first-order chi connectivity index (χ1) is 14.9. The highest BCUT2D eigenvalue weighted by atomic mass is 19.1. The average molecular weight is 427 g/mol. The van der Waals surface area contributed by atoms with Gasteiger partial charge in [0, 0.05) is 30.6 Å². The van der Waals surface area contributed by atoms with Gasteiger partial charge in [0.25, 0.3) is 5.91 Å². The molecular weight excluding hydrogens is 400 g/mol. The minimum absolute atomic E-state index is 0.0401. The summed E-state index contributed by atoms with van der Waals surface area (Å²) in [4.78, 5) is 27.4. The average Bonchev–Trinajstić information content (AvgIpc) is 3.06. The third-order valence-electron chi connectivity index (χ3n) is 6.62. The van der Waals surface area contributed by atoms with E-state index in [0.717, 1.165) is 31.5 Å². The summed E-state index contributed by atoms with van der Waals surface area (Å²) >= 11 is 0. The lowest BCUT2D eigenvalue weighted by molar-refractivity contribution is -0.130. The molecule has 2 aromatic rings. The second kappa shape index (κ2) is 8.75. The van der Waals surface area contributed by atoms with Gasteiger partial charge >= 0.3 is 0 Å². The van der Waals surface area contributed by atoms with Gasteiger partial charge in [-0.15, -0.1) is 0 Å². The van der Waals surface area contributed by atoms with Crippen LogP contribution in [0.25, 0.3) is 0 Å². The SMILES string of the molecule is C[C@@H](CN1CCC2(CC1)C(=O)NCC2c1ccc(F)cc1)NC(=O)c1ccc(F)cc1. The van der Waals surface area contributed by atoms with Crippen molar-refractivity contribution in [2.24, 2.45) is 5.41 Å². The number of hydrogen-bond acceptors (Lipinski definition) is 3. The number of hydrogen-bond donors (Lipinski definition) is 2. The molecule has 7 heteroatoms. The van der Waals surface area contributed by atoms with E-state index in [2.05, 4.69) is 15.5 Å². The third kappa shape index (κ3) is 4.46. The Kier molecular flexibility index (Phi) is 6.05. The van der Waals surface area contributed by atoms with Crippen molar-refractivity contribution < 1.29 is 18.4 Å². The molecular formula is C24H27F2N3O2. The van der Waals surface area contributed by atoms with Gasteiger partial charge < -0.3 is 15.5 Å². The fourth-order valence-corrected chi connectivity index (χ4v) is 4.91. The van der Waals surface area contributed by atoms with Gasteiger partial charge in [-0.05, 0) is 74.8 Å². The Hall–Kier alpha value is -2.80. The van der Waals surface area contributed by atoms with E-state index in [1.165, 1.54) is 36.4 Å². The summed E-state index contributed by atoms with van der Waals surface area (Å²) in [6.45, 7) is 4.69. The molecule has 2 amide bonds. The molecule has 0 radical (unpaired) electrons. The fourth-order valence-electron chi connectivity index (χ4n) is 4.91. The molecule has 2 aliphatic heterocycles. The molecule has 2 N–H and O–H groups in total. The van der Waals surface area contributed by atoms with Crippen molar-refractivity contribution in [3.05, 3.63) is 71.3 Å². The summed E-state index contributed by atoms with van der Waals surface area (Å²) in [5.74, 6) is -0.756. The van der Waals surface area contributed by atoms with Crippen molar-refractivity contribution >= 4 is 11.8 Å². The molecule has 0 saturated carbocycles. The van der Waals surface area contributed by atoms with Crippen LogP contribution in [0.3, 0.4) is 0 Å². The Labute approximate surface area is 180 Å². The van der Waals surface area contributed by atoms with Crippen LogP contribution in [0.1, 0.15) is 41.6 Å². The van der Waals surface area contributed by atoms with Crippen LogP contribution in [-0.4, -0.2) is 48.9 Å². The number of carbonyl (C=O) groups excluding carboxylic acids is 2. The van der Waals surface area contributed by atoms with E-state index in [4.69, 9.17) is 0 Å². The summed E-state index contributed by atoms with van der Waals surface area (Å²) in [6, 6.07) is 11.9. The predicted molar refractivity (Wildman–Crippen MR) is 114 cm³/mol. The number of nitrogens with zero attached hydrogens (tertiary/aromatic N) is 1. The molecule has 2 aromatic carbocycles. The van der Waals surface area contributed by atoms with Crippen LogP contribution in [0.5, 0.6) is 0 Å². The third-order valence-corrected chi connectivity index (χ3v) is 6.62. The second-order valence-corrected chi connectivity index (χ2v) is 8.65. The Morgan fingerprint density at radius 1 is 1.10 bits per heavy atom. The Morgan fingerprint density at radius 3 is 2.29 bits per heavy atom. The monoisotopic (exact) mass is 427 g/mol. The maximum atomic E-state index is 13.3. The standard InChI is InChI=1S/C24H27F2N3O2/c1-16(28-22(30)18-4-8-20(26)9-5-18)15-29-12-10-24(11-13-29)21(14-27-23(24)31)17-2-6-19(25)7-3-17/h2-9,16,21H,10-15H2,1H3,(H,27,31)(H,28,30)/t16-,21?/m0/s1. The molecule has 2 heterocycles. The van der Waals surface area contributed by atoms with E-state index in [0.29, 0.717) is 18.7 Å². The van der Waals surface area contributed by atoms with Gasteiger partial charge in [-0.2, -0.15) is 0 Å².